The summed E-state index contributed by atoms with van der Waals surface area (Å²) in [5.74, 6) is -1.95. The number of rotatable bonds is 6. The Bertz CT molecular complexity index is 1410. The summed E-state index contributed by atoms with van der Waals surface area (Å²) >= 11 is 0. The van der Waals surface area contributed by atoms with E-state index in [9.17, 15) is 22.4 Å². The third-order valence-electron chi connectivity index (χ3n) is 5.50. The molecule has 0 bridgehead atoms. The number of methoxy groups -OCH3 is 1. The second-order valence-electron chi connectivity index (χ2n) is 7.63. The van der Waals surface area contributed by atoms with Gasteiger partial charge in [-0.2, -0.15) is 20.0 Å². The predicted molar refractivity (Wildman–Crippen MR) is 113 cm³/mol. The maximum Gasteiger partial charge on any atom is 0.573 e. The van der Waals surface area contributed by atoms with Crippen molar-refractivity contribution in [1.82, 2.24) is 30.0 Å². The molecule has 10 nitrogen and oxygen atoms in total. The van der Waals surface area contributed by atoms with Crippen LogP contribution in [0.3, 0.4) is 0 Å². The molecule has 0 radical (unpaired) electrons. The van der Waals surface area contributed by atoms with Gasteiger partial charge in [-0.25, -0.2) is 4.39 Å². The first-order valence-electron chi connectivity index (χ1n) is 10.5. The molecular weight excluding hydrogens is 488 g/mol. The van der Waals surface area contributed by atoms with Crippen molar-refractivity contribution >= 4 is 5.91 Å². The molecule has 2 aromatic carbocycles. The largest absolute Gasteiger partial charge is 0.573 e. The van der Waals surface area contributed by atoms with Crippen LogP contribution in [0, 0.1) is 5.82 Å². The summed E-state index contributed by atoms with van der Waals surface area (Å²) in [5.41, 5.74) is 0.133. The first kappa shape index (κ1) is 23.3. The van der Waals surface area contributed by atoms with E-state index < -0.39 is 29.9 Å². The summed E-state index contributed by atoms with van der Waals surface area (Å²) < 4.78 is 67.1. The monoisotopic (exact) mass is 504 g/mol. The van der Waals surface area contributed by atoms with E-state index in [1.54, 1.807) is 0 Å². The van der Waals surface area contributed by atoms with Crippen molar-refractivity contribution in [2.75, 3.05) is 13.7 Å². The molecule has 186 valence electrons. The quantitative estimate of drug-likeness (QED) is 0.363. The van der Waals surface area contributed by atoms with Gasteiger partial charge in [0.15, 0.2) is 11.6 Å². The van der Waals surface area contributed by atoms with E-state index in [1.807, 2.05) is 0 Å². The Morgan fingerprint density at radius 2 is 1.89 bits per heavy atom. The number of halogens is 4. The summed E-state index contributed by atoms with van der Waals surface area (Å²) in [6.45, 7) is 0.320. The number of ether oxygens (including phenoxy) is 2. The van der Waals surface area contributed by atoms with Crippen LogP contribution in [0.2, 0.25) is 0 Å². The molecule has 1 aliphatic rings. The predicted octanol–water partition coefficient (Wildman–Crippen LogP) is 3.95. The highest BCUT2D eigenvalue weighted by Crippen LogP contribution is 2.38. The number of nitrogens with zero attached hydrogens (tertiary/aromatic N) is 6. The van der Waals surface area contributed by atoms with Crippen LogP contribution < -0.4 is 9.47 Å². The zero-order chi connectivity index (χ0) is 25.4. The summed E-state index contributed by atoms with van der Waals surface area (Å²) in [6.07, 6.45) is -1.69. The van der Waals surface area contributed by atoms with Crippen LogP contribution in [0.25, 0.3) is 17.1 Å². The maximum absolute atomic E-state index is 14.4. The van der Waals surface area contributed by atoms with Gasteiger partial charge < -0.3 is 18.9 Å². The summed E-state index contributed by atoms with van der Waals surface area (Å²) in [6, 6.07) is 7.04. The number of hydrogen-bond acceptors (Lipinski definition) is 8. The van der Waals surface area contributed by atoms with Gasteiger partial charge in [0.1, 0.15) is 17.5 Å². The average molecular weight is 504 g/mol. The Morgan fingerprint density at radius 1 is 1.14 bits per heavy atom. The number of alkyl halides is 3. The number of carbonyl (C=O) groups excluding carboxylic acids is 1. The Labute approximate surface area is 200 Å². The molecule has 1 fully saturated rings. The molecule has 5 rings (SSSR count). The van der Waals surface area contributed by atoms with Crippen molar-refractivity contribution in [2.45, 2.75) is 18.8 Å². The molecule has 0 aliphatic carbocycles. The number of hydrogen-bond donors (Lipinski definition) is 0. The number of likely N-dealkylation sites (tertiary alicyclic amines) is 1. The lowest BCUT2D eigenvalue weighted by atomic mass is 10.00. The highest BCUT2D eigenvalue weighted by Gasteiger charge is 2.40. The third-order valence-corrected chi connectivity index (χ3v) is 5.50. The Balaban J connectivity index is 1.44. The van der Waals surface area contributed by atoms with E-state index in [1.165, 1.54) is 48.7 Å². The lowest BCUT2D eigenvalue weighted by Gasteiger charge is -2.38. The number of aromatic nitrogens is 5. The van der Waals surface area contributed by atoms with Gasteiger partial charge in [-0.15, -0.1) is 13.2 Å². The minimum Gasteiger partial charge on any atom is -0.494 e. The van der Waals surface area contributed by atoms with Gasteiger partial charge in [-0.1, -0.05) is 17.3 Å². The standard InChI is InChI=1S/C22H16F4N6O4/c1-34-18-10-13(16(11-14(18)23)32-27-7-8-28-32)21(33)31-9-6-15(31)20-29-19(30-36-20)12-4-2-3-5-17(12)35-22(24,25)26/h2-5,7-8,10-11,15H,6,9H2,1H3. The summed E-state index contributed by atoms with van der Waals surface area (Å²) in [7, 11) is 1.27. The molecule has 1 saturated heterocycles. The molecule has 1 aliphatic heterocycles. The fraction of sp³-hybridized carbons (Fsp3) is 0.227. The van der Waals surface area contributed by atoms with Gasteiger partial charge >= 0.3 is 6.36 Å². The van der Waals surface area contributed by atoms with Crippen LogP contribution in [0.15, 0.2) is 53.3 Å². The van der Waals surface area contributed by atoms with E-state index >= 15 is 0 Å². The van der Waals surface area contributed by atoms with Crippen LogP contribution in [0.5, 0.6) is 11.5 Å². The summed E-state index contributed by atoms with van der Waals surface area (Å²) in [4.78, 5) is 20.2. The molecule has 4 aromatic rings. The third kappa shape index (κ3) is 4.32. The summed E-state index contributed by atoms with van der Waals surface area (Å²) in [5, 5.41) is 11.7. The minimum absolute atomic E-state index is 0.0271. The van der Waals surface area contributed by atoms with E-state index in [0.717, 1.165) is 16.9 Å². The molecule has 2 aromatic heterocycles. The van der Waals surface area contributed by atoms with Gasteiger partial charge in [0.25, 0.3) is 5.91 Å². The van der Waals surface area contributed by atoms with Crippen LogP contribution >= 0.6 is 0 Å². The van der Waals surface area contributed by atoms with E-state index in [2.05, 4.69) is 25.1 Å². The molecule has 0 N–H and O–H groups in total. The van der Waals surface area contributed by atoms with Crippen molar-refractivity contribution in [3.8, 4) is 28.6 Å². The van der Waals surface area contributed by atoms with Crippen LogP contribution in [0.4, 0.5) is 17.6 Å². The molecule has 0 saturated carbocycles. The number of benzene rings is 2. The maximum atomic E-state index is 14.4. The molecule has 14 heteroatoms. The highest BCUT2D eigenvalue weighted by molar-refractivity contribution is 5.98. The van der Waals surface area contributed by atoms with E-state index in [-0.39, 0.29) is 34.3 Å². The van der Waals surface area contributed by atoms with Gasteiger partial charge in [0.2, 0.25) is 11.7 Å². The number of para-hydroxylation sites is 1. The highest BCUT2D eigenvalue weighted by atomic mass is 19.4. The molecule has 0 spiro atoms. The zero-order valence-electron chi connectivity index (χ0n) is 18.4. The van der Waals surface area contributed by atoms with E-state index in [0.29, 0.717) is 13.0 Å². The molecule has 3 heterocycles. The van der Waals surface area contributed by atoms with Crippen molar-refractivity contribution in [3.05, 3.63) is 66.1 Å². The van der Waals surface area contributed by atoms with Gasteiger partial charge in [-0.3, -0.25) is 4.79 Å². The zero-order valence-corrected chi connectivity index (χ0v) is 18.4. The molecule has 1 amide bonds. The van der Waals surface area contributed by atoms with Gasteiger partial charge in [-0.05, 0) is 24.6 Å². The second kappa shape index (κ2) is 8.94. The van der Waals surface area contributed by atoms with Crippen molar-refractivity contribution < 1.29 is 36.4 Å². The molecular formula is C22H16F4N6O4. The minimum atomic E-state index is -4.91. The van der Waals surface area contributed by atoms with Gasteiger partial charge in [0, 0.05) is 12.6 Å². The molecule has 1 atom stereocenters. The second-order valence-corrected chi connectivity index (χ2v) is 7.63. The normalized spacial score (nSPS) is 15.5. The molecule has 36 heavy (non-hydrogen) atoms. The number of amides is 1. The Hall–Kier alpha value is -4.49. The number of carbonyl (C=O) groups is 1. The smallest absolute Gasteiger partial charge is 0.494 e. The van der Waals surface area contributed by atoms with Crippen molar-refractivity contribution in [1.29, 1.82) is 0 Å². The lowest BCUT2D eigenvalue weighted by Crippen LogP contribution is -2.45. The fourth-order valence-corrected chi connectivity index (χ4v) is 3.76. The fourth-order valence-electron chi connectivity index (χ4n) is 3.76. The Morgan fingerprint density at radius 3 is 2.56 bits per heavy atom. The van der Waals surface area contributed by atoms with Crippen LogP contribution in [-0.2, 0) is 0 Å². The average Bonchev–Trinajstić information content (AvgIpc) is 3.50. The van der Waals surface area contributed by atoms with Crippen molar-refractivity contribution in [3.63, 3.8) is 0 Å². The van der Waals surface area contributed by atoms with Crippen LogP contribution in [-0.4, -0.2) is 56.0 Å². The Kier molecular flexibility index (Phi) is 5.78. The topological polar surface area (TPSA) is 108 Å². The van der Waals surface area contributed by atoms with Crippen LogP contribution in [0.1, 0.15) is 28.7 Å². The first-order chi connectivity index (χ1) is 17.2. The first-order valence-corrected chi connectivity index (χ1v) is 10.5. The van der Waals surface area contributed by atoms with Crippen molar-refractivity contribution in [2.24, 2.45) is 0 Å². The molecule has 1 unspecified atom stereocenters. The van der Waals surface area contributed by atoms with E-state index in [4.69, 9.17) is 9.26 Å². The SMILES string of the molecule is COc1cc(C(=O)N2CCC2c2nc(-c3ccccc3OC(F)(F)F)no2)c(-n2nccn2)cc1F. The van der Waals surface area contributed by atoms with Gasteiger partial charge in [0.05, 0.1) is 30.6 Å². The lowest BCUT2D eigenvalue weighted by molar-refractivity contribution is -0.274.